The molecule has 0 aliphatic rings. The van der Waals surface area contributed by atoms with E-state index in [-0.39, 0.29) is 44.6 Å². The zero-order valence-electron chi connectivity index (χ0n) is 39.3. The zero-order chi connectivity index (χ0) is 45.6. The number of hydrogen-bond donors (Lipinski definition) is 7. The number of hydrogen-bond acceptors (Lipinski definition) is 19. The lowest BCUT2D eigenvalue weighted by Crippen LogP contribution is -2.39. The van der Waals surface area contributed by atoms with Crippen molar-refractivity contribution in [3.05, 3.63) is 0 Å². The quantitative estimate of drug-likeness (QED) is 0.0117. The number of rotatable bonds is 49. The molecule has 376 valence electrons. The molecule has 0 saturated heterocycles. The van der Waals surface area contributed by atoms with E-state index in [4.69, 9.17) is 19.6 Å². The number of carbonyl (C=O) groups is 2. The van der Waals surface area contributed by atoms with Crippen LogP contribution in [0.15, 0.2) is 4.99 Å². The van der Waals surface area contributed by atoms with E-state index in [2.05, 4.69) is 84.7 Å². The number of nitrogens with one attached hydrogen (secondary N) is 6. The molecule has 0 radical (unpaired) electrons. The average molecular weight is 978 g/mol. The monoisotopic (exact) mass is 977 g/mol. The van der Waals surface area contributed by atoms with E-state index >= 15 is 0 Å². The van der Waals surface area contributed by atoms with Gasteiger partial charge in [0.1, 0.15) is 6.61 Å². The molecule has 63 heavy (non-hydrogen) atoms. The number of carbonyl (C=O) groups excluding carboxylic acids is 2. The van der Waals surface area contributed by atoms with E-state index in [9.17, 15) is 9.59 Å². The highest BCUT2D eigenvalue weighted by Crippen LogP contribution is 2.21. The minimum atomic E-state index is -0.107. The van der Waals surface area contributed by atoms with Crippen LogP contribution in [0.4, 0.5) is 0 Å². The standard InChI is InChI=1S/C41H88N10O7S4.CH4/c1-38(13-19-46-40(52)15-31-59-62-34-30-57-48-18-11-26-50(5)24-8-7-23-49(4)25-9-16-42-2)45-20-14-39(35-51(6)27-10-17-43-3)56-36-41(53)47-22-33-61-60-32-21-44-37-55-28-12-29-58-54;/h37-39,42-43,45,48,54H,7-36H2,1-6H3,(H,46,52)(H,47,53);1H4. The molecular formula is C42H92N10O7S4. The van der Waals surface area contributed by atoms with Crippen molar-refractivity contribution in [2.45, 2.75) is 84.3 Å². The Hall–Kier alpha value is -0.630. The van der Waals surface area contributed by atoms with Crippen molar-refractivity contribution < 1.29 is 34.0 Å². The Balaban J connectivity index is 0. The van der Waals surface area contributed by atoms with Gasteiger partial charge in [-0.15, -0.1) is 0 Å². The molecule has 0 aromatic carbocycles. The molecule has 7 N–H and O–H groups in total. The third-order valence-corrected chi connectivity index (χ3v) is 14.1. The highest BCUT2D eigenvalue weighted by molar-refractivity contribution is 8.77. The van der Waals surface area contributed by atoms with Crippen LogP contribution in [0.1, 0.15) is 72.1 Å². The van der Waals surface area contributed by atoms with Gasteiger partial charge in [0, 0.05) is 68.1 Å². The summed E-state index contributed by atoms with van der Waals surface area (Å²) in [5, 5.41) is 24.3. The second kappa shape index (κ2) is 50.8. The number of hydroxylamine groups is 1. The number of aliphatic imine (C=N–C) groups is 1. The SMILES string of the molecule is C.CNCCCN(C)CCCCN(C)CCCNOCCSSCCC(=O)NCCC(C)NCCC(CN(C)CCCNC)OCC(=O)NCCSSCCN=COCCCOO. The first kappa shape index (κ1) is 64.5. The number of nitrogens with zero attached hydrogens (tertiary/aromatic N) is 4. The molecule has 2 unspecified atom stereocenters. The summed E-state index contributed by atoms with van der Waals surface area (Å²) in [6, 6.07) is 0.237. The molecule has 2 atom stereocenters. The Bertz CT molecular complexity index is 1030. The summed E-state index contributed by atoms with van der Waals surface area (Å²) < 4.78 is 11.3. The van der Waals surface area contributed by atoms with Crippen molar-refractivity contribution in [2.24, 2.45) is 4.99 Å². The van der Waals surface area contributed by atoms with Gasteiger partial charge < -0.3 is 55.6 Å². The molecular weight excluding hydrogens is 885 g/mol. The van der Waals surface area contributed by atoms with Gasteiger partial charge >= 0.3 is 0 Å². The van der Waals surface area contributed by atoms with Crippen LogP contribution < -0.4 is 32.1 Å². The van der Waals surface area contributed by atoms with Crippen LogP contribution in [0.2, 0.25) is 0 Å². The summed E-state index contributed by atoms with van der Waals surface area (Å²) in [4.78, 5) is 45.8. The van der Waals surface area contributed by atoms with Crippen LogP contribution in [0.25, 0.3) is 0 Å². The molecule has 21 heteroatoms. The lowest BCUT2D eigenvalue weighted by Gasteiger charge is -2.25. The molecule has 0 spiro atoms. The van der Waals surface area contributed by atoms with Gasteiger partial charge in [-0.3, -0.25) is 19.8 Å². The van der Waals surface area contributed by atoms with Gasteiger partial charge in [0.25, 0.3) is 0 Å². The Kier molecular flexibility index (Phi) is 51.9. The van der Waals surface area contributed by atoms with Crippen molar-refractivity contribution in [3.63, 3.8) is 0 Å². The molecule has 0 aliphatic heterocycles. The fourth-order valence-electron chi connectivity index (χ4n) is 5.76. The van der Waals surface area contributed by atoms with Gasteiger partial charge in [-0.05, 0) is 139 Å². The van der Waals surface area contributed by atoms with E-state index in [1.165, 1.54) is 32.2 Å². The van der Waals surface area contributed by atoms with E-state index in [1.807, 2.05) is 14.1 Å². The lowest BCUT2D eigenvalue weighted by atomic mass is 10.2. The summed E-state index contributed by atoms with van der Waals surface area (Å²) in [5.74, 6) is 3.26. The smallest absolute Gasteiger partial charge is 0.246 e. The molecule has 0 aromatic rings. The third kappa shape index (κ3) is 49.1. The molecule has 2 amide bonds. The first-order valence-electron chi connectivity index (χ1n) is 22.6. The van der Waals surface area contributed by atoms with E-state index in [0.717, 1.165) is 108 Å². The predicted molar refractivity (Wildman–Crippen MR) is 274 cm³/mol. The highest BCUT2D eigenvalue weighted by atomic mass is 33.1. The normalized spacial score (nSPS) is 12.7. The summed E-state index contributed by atoms with van der Waals surface area (Å²) in [5.41, 5.74) is 3.09. The van der Waals surface area contributed by atoms with Crippen LogP contribution in [-0.4, -0.2) is 220 Å². The van der Waals surface area contributed by atoms with Gasteiger partial charge in [-0.2, -0.15) is 0 Å². The zero-order valence-corrected chi connectivity index (χ0v) is 42.5. The van der Waals surface area contributed by atoms with Crippen molar-refractivity contribution >= 4 is 61.4 Å². The number of likely N-dealkylation sites (N-methyl/N-ethyl adjacent to an activating group) is 1. The molecule has 0 aromatic heterocycles. The maximum absolute atomic E-state index is 12.5. The van der Waals surface area contributed by atoms with Gasteiger partial charge in [0.2, 0.25) is 11.8 Å². The lowest BCUT2D eigenvalue weighted by molar-refractivity contribution is -0.243. The Labute approximate surface area is 399 Å². The first-order valence-corrected chi connectivity index (χ1v) is 27.6. The largest absolute Gasteiger partial charge is 0.483 e. The van der Waals surface area contributed by atoms with Crippen LogP contribution in [0.3, 0.4) is 0 Å². The highest BCUT2D eigenvalue weighted by Gasteiger charge is 2.15. The summed E-state index contributed by atoms with van der Waals surface area (Å²) in [6.07, 6.45) is 9.85. The predicted octanol–water partition coefficient (Wildman–Crippen LogP) is 3.78. The molecule has 0 rings (SSSR count). The van der Waals surface area contributed by atoms with E-state index in [0.29, 0.717) is 45.7 Å². The van der Waals surface area contributed by atoms with Crippen molar-refractivity contribution in [3.8, 4) is 0 Å². The van der Waals surface area contributed by atoms with Crippen molar-refractivity contribution in [2.75, 3.05) is 170 Å². The molecule has 0 fully saturated rings. The number of unbranched alkanes of at least 4 members (excludes halogenated alkanes) is 1. The topological polar surface area (TPSA) is 186 Å². The Morgan fingerprint density at radius 1 is 0.683 bits per heavy atom. The summed E-state index contributed by atoms with van der Waals surface area (Å²) in [7, 11) is 17.3. The molecule has 17 nitrogen and oxygen atoms in total. The minimum Gasteiger partial charge on any atom is -0.483 e. The van der Waals surface area contributed by atoms with Gasteiger partial charge in [-0.1, -0.05) is 50.6 Å². The number of ether oxygens (including phenoxy) is 2. The average Bonchev–Trinajstić information content (AvgIpc) is 3.25. The Morgan fingerprint density at radius 2 is 1.30 bits per heavy atom. The maximum atomic E-state index is 12.5. The van der Waals surface area contributed by atoms with Crippen LogP contribution in [0.5, 0.6) is 0 Å². The fraction of sp³-hybridized carbons (Fsp3) is 0.929. The van der Waals surface area contributed by atoms with E-state index in [1.54, 1.807) is 43.2 Å². The fourth-order valence-corrected chi connectivity index (χ4v) is 9.36. The van der Waals surface area contributed by atoms with Crippen LogP contribution in [0, 0.1) is 0 Å². The van der Waals surface area contributed by atoms with Crippen molar-refractivity contribution in [1.29, 1.82) is 0 Å². The third-order valence-electron chi connectivity index (χ3n) is 9.31. The van der Waals surface area contributed by atoms with Crippen LogP contribution in [-0.2, 0) is 28.8 Å². The second-order valence-corrected chi connectivity index (χ2v) is 20.7. The van der Waals surface area contributed by atoms with Gasteiger partial charge in [0.15, 0.2) is 6.40 Å². The molecule has 0 saturated carbocycles. The minimum absolute atomic E-state index is 0. The van der Waals surface area contributed by atoms with Crippen molar-refractivity contribution in [1.82, 2.24) is 46.8 Å². The maximum Gasteiger partial charge on any atom is 0.246 e. The summed E-state index contributed by atoms with van der Waals surface area (Å²) >= 11 is 0. The van der Waals surface area contributed by atoms with Gasteiger partial charge in [-0.25, -0.2) is 10.4 Å². The molecule has 0 bridgehead atoms. The Morgan fingerprint density at radius 3 is 2.00 bits per heavy atom. The second-order valence-electron chi connectivity index (χ2n) is 15.3. The molecule has 0 aliphatic carbocycles. The van der Waals surface area contributed by atoms with Gasteiger partial charge in [0.05, 0.1) is 32.5 Å². The first-order chi connectivity index (χ1) is 30.2. The summed E-state index contributed by atoms with van der Waals surface area (Å²) in [6.45, 7) is 15.2. The molecule has 0 heterocycles. The number of amides is 2. The van der Waals surface area contributed by atoms with E-state index < -0.39 is 0 Å². The van der Waals surface area contributed by atoms with Crippen LogP contribution >= 0.6 is 43.2 Å².